The molecule has 0 heterocycles. The molecule has 0 aromatic heterocycles. The zero-order valence-corrected chi connectivity index (χ0v) is 18.9. The van der Waals surface area contributed by atoms with Crippen molar-refractivity contribution in [3.63, 3.8) is 0 Å². The molecule has 6 nitrogen and oxygen atoms in total. The third-order valence-electron chi connectivity index (χ3n) is 4.77. The number of hydrogen-bond acceptors (Lipinski definition) is 4. The Morgan fingerprint density at radius 1 is 0.812 bits per heavy atom. The quantitative estimate of drug-likeness (QED) is 0.535. The fourth-order valence-electron chi connectivity index (χ4n) is 3.06. The highest BCUT2D eigenvalue weighted by Gasteiger charge is 2.17. The van der Waals surface area contributed by atoms with E-state index >= 15 is 0 Å². The van der Waals surface area contributed by atoms with Crippen molar-refractivity contribution in [1.82, 2.24) is 5.32 Å². The normalized spacial score (nSPS) is 11.2. The lowest BCUT2D eigenvalue weighted by Gasteiger charge is -2.13. The van der Waals surface area contributed by atoms with Crippen LogP contribution in [-0.2, 0) is 15.6 Å². The topological polar surface area (TPSA) is 92.3 Å². The van der Waals surface area contributed by atoms with Crippen molar-refractivity contribution in [1.29, 1.82) is 0 Å². The highest BCUT2D eigenvalue weighted by atomic mass is 32.2. The molecule has 0 saturated heterocycles. The smallest absolute Gasteiger partial charge is 0.255 e. The highest BCUT2D eigenvalue weighted by molar-refractivity contribution is 7.90. The minimum absolute atomic E-state index is 0.155. The van der Waals surface area contributed by atoms with Crippen molar-refractivity contribution in [2.24, 2.45) is 5.92 Å². The van der Waals surface area contributed by atoms with Crippen molar-refractivity contribution in [3.8, 4) is 0 Å². The maximum Gasteiger partial charge on any atom is 0.255 e. The van der Waals surface area contributed by atoms with Gasteiger partial charge in [-0.05, 0) is 47.9 Å². The maximum atomic E-state index is 12.7. The highest BCUT2D eigenvalue weighted by Crippen LogP contribution is 2.19. The summed E-state index contributed by atoms with van der Waals surface area (Å²) in [6.45, 7) is 4.54. The summed E-state index contributed by atoms with van der Waals surface area (Å²) in [5.74, 6) is -0.481. The summed E-state index contributed by atoms with van der Waals surface area (Å²) in [5.41, 5.74) is 1.74. The summed E-state index contributed by atoms with van der Waals surface area (Å²) in [6.07, 6.45) is 0. The fraction of sp³-hybridized carbons (Fsp3) is 0.200. The first-order valence-electron chi connectivity index (χ1n) is 10.3. The minimum atomic E-state index is -3.47. The molecule has 0 aliphatic carbocycles. The average molecular weight is 451 g/mol. The van der Waals surface area contributed by atoms with E-state index in [0.717, 1.165) is 0 Å². The molecule has 0 aliphatic heterocycles. The van der Waals surface area contributed by atoms with Gasteiger partial charge in [0.05, 0.1) is 21.9 Å². The van der Waals surface area contributed by atoms with E-state index in [1.165, 1.54) is 0 Å². The van der Waals surface area contributed by atoms with E-state index in [1.807, 2.05) is 13.8 Å². The van der Waals surface area contributed by atoms with Crippen LogP contribution >= 0.6 is 0 Å². The third-order valence-corrected chi connectivity index (χ3v) is 6.47. The lowest BCUT2D eigenvalue weighted by atomic mass is 10.1. The number of carbonyl (C=O) groups is 2. The van der Waals surface area contributed by atoms with Gasteiger partial charge in [-0.1, -0.05) is 56.3 Å². The second kappa shape index (κ2) is 10.2. The molecule has 3 aromatic rings. The van der Waals surface area contributed by atoms with E-state index in [4.69, 9.17) is 0 Å². The van der Waals surface area contributed by atoms with Gasteiger partial charge in [-0.25, -0.2) is 8.42 Å². The van der Waals surface area contributed by atoms with Crippen molar-refractivity contribution in [3.05, 3.63) is 95.6 Å². The molecule has 0 aliphatic rings. The number of amides is 2. The summed E-state index contributed by atoms with van der Waals surface area (Å²) < 4.78 is 25.1. The van der Waals surface area contributed by atoms with Gasteiger partial charge < -0.3 is 10.6 Å². The number of para-hydroxylation sites is 1. The first-order valence-corrected chi connectivity index (χ1v) is 12.0. The Morgan fingerprint density at radius 2 is 1.44 bits per heavy atom. The van der Waals surface area contributed by atoms with Crippen molar-refractivity contribution < 1.29 is 18.0 Å². The second-order valence-electron chi connectivity index (χ2n) is 7.87. The van der Waals surface area contributed by atoms with Gasteiger partial charge in [0.15, 0.2) is 9.84 Å². The van der Waals surface area contributed by atoms with E-state index in [-0.39, 0.29) is 22.5 Å². The first-order chi connectivity index (χ1) is 15.3. The van der Waals surface area contributed by atoms with Crippen LogP contribution in [0.5, 0.6) is 0 Å². The largest absolute Gasteiger partial charge is 0.352 e. The summed E-state index contributed by atoms with van der Waals surface area (Å²) in [4.78, 5) is 25.4. The van der Waals surface area contributed by atoms with E-state index in [9.17, 15) is 18.0 Å². The SMILES string of the molecule is CC(C)CNC(=O)c1ccccc1NC(=O)c1ccc(CS(=O)(=O)c2ccccc2)cc1. The number of nitrogens with one attached hydrogen (secondary N) is 2. The van der Waals surface area contributed by atoms with Crippen molar-refractivity contribution >= 4 is 27.3 Å². The summed E-state index contributed by atoms with van der Waals surface area (Å²) >= 11 is 0. The molecule has 2 amide bonds. The average Bonchev–Trinajstić information content (AvgIpc) is 2.78. The van der Waals surface area contributed by atoms with Crippen LogP contribution in [0, 0.1) is 5.92 Å². The molecular weight excluding hydrogens is 424 g/mol. The molecule has 7 heteroatoms. The number of rotatable bonds is 8. The van der Waals surface area contributed by atoms with Gasteiger partial charge in [-0.2, -0.15) is 0 Å². The third kappa shape index (κ3) is 6.04. The molecule has 0 saturated carbocycles. The molecule has 0 bridgehead atoms. The van der Waals surface area contributed by atoms with Crippen LogP contribution in [0.15, 0.2) is 83.8 Å². The minimum Gasteiger partial charge on any atom is -0.352 e. The lowest BCUT2D eigenvalue weighted by Crippen LogP contribution is -2.28. The molecule has 166 valence electrons. The van der Waals surface area contributed by atoms with Gasteiger partial charge in [-0.15, -0.1) is 0 Å². The molecule has 0 unspecified atom stereocenters. The number of carbonyl (C=O) groups excluding carboxylic acids is 2. The maximum absolute atomic E-state index is 12.7. The van der Waals surface area contributed by atoms with Crippen LogP contribution in [0.1, 0.15) is 40.1 Å². The van der Waals surface area contributed by atoms with Gasteiger partial charge in [0.1, 0.15) is 0 Å². The van der Waals surface area contributed by atoms with Gasteiger partial charge in [0.25, 0.3) is 11.8 Å². The molecule has 0 fully saturated rings. The Morgan fingerprint density at radius 3 is 2.09 bits per heavy atom. The summed E-state index contributed by atoms with van der Waals surface area (Å²) in [6, 6.07) is 21.4. The number of anilines is 1. The van der Waals surface area contributed by atoms with Gasteiger partial charge in [0.2, 0.25) is 0 Å². The molecular formula is C25H26N2O4S. The summed E-state index contributed by atoms with van der Waals surface area (Å²) in [5, 5.41) is 5.62. The molecule has 0 atom stereocenters. The molecule has 0 spiro atoms. The van der Waals surface area contributed by atoms with Crippen molar-refractivity contribution in [2.75, 3.05) is 11.9 Å². The Labute approximate surface area is 188 Å². The second-order valence-corrected chi connectivity index (χ2v) is 9.86. The van der Waals surface area contributed by atoms with Gasteiger partial charge in [0, 0.05) is 12.1 Å². The van der Waals surface area contributed by atoms with E-state index in [1.54, 1.807) is 78.9 Å². The molecule has 2 N–H and O–H groups in total. The van der Waals surface area contributed by atoms with Crippen LogP contribution in [0.25, 0.3) is 0 Å². The number of benzene rings is 3. The van der Waals surface area contributed by atoms with E-state index in [0.29, 0.717) is 34.8 Å². The fourth-order valence-corrected chi connectivity index (χ4v) is 4.43. The number of sulfone groups is 1. The van der Waals surface area contributed by atoms with Crippen LogP contribution in [0.3, 0.4) is 0 Å². The van der Waals surface area contributed by atoms with Crippen molar-refractivity contribution in [2.45, 2.75) is 24.5 Å². The van der Waals surface area contributed by atoms with E-state index in [2.05, 4.69) is 10.6 Å². The zero-order valence-electron chi connectivity index (χ0n) is 18.0. The Balaban J connectivity index is 1.70. The van der Waals surface area contributed by atoms with Gasteiger partial charge in [-0.3, -0.25) is 9.59 Å². The van der Waals surface area contributed by atoms with Gasteiger partial charge >= 0.3 is 0 Å². The molecule has 3 rings (SSSR count). The summed E-state index contributed by atoms with van der Waals surface area (Å²) in [7, 11) is -3.47. The molecule has 32 heavy (non-hydrogen) atoms. The van der Waals surface area contributed by atoms with E-state index < -0.39 is 9.84 Å². The first kappa shape index (κ1) is 23.2. The van der Waals surface area contributed by atoms with Crippen LogP contribution in [-0.4, -0.2) is 26.8 Å². The monoisotopic (exact) mass is 450 g/mol. The Hall–Kier alpha value is -3.45. The van der Waals surface area contributed by atoms with Crippen LogP contribution < -0.4 is 10.6 Å². The zero-order chi connectivity index (χ0) is 23.1. The predicted molar refractivity (Wildman–Crippen MR) is 125 cm³/mol. The predicted octanol–water partition coefficient (Wildman–Crippen LogP) is 4.30. The van der Waals surface area contributed by atoms with Crippen LogP contribution in [0.2, 0.25) is 0 Å². The standard InChI is InChI=1S/C25H26N2O4S/c1-18(2)16-26-25(29)22-10-6-7-11-23(22)27-24(28)20-14-12-19(13-15-20)17-32(30,31)21-8-4-3-5-9-21/h3-15,18H,16-17H2,1-2H3,(H,26,29)(H,27,28). The van der Waals surface area contributed by atoms with Crippen LogP contribution in [0.4, 0.5) is 5.69 Å². The Kier molecular flexibility index (Phi) is 7.43. The lowest BCUT2D eigenvalue weighted by molar-refractivity contribution is 0.0950. The molecule has 3 aromatic carbocycles. The molecule has 0 radical (unpaired) electrons. The Bertz CT molecular complexity index is 1190. The number of hydrogen-bond donors (Lipinski definition) is 2.